The molecule has 4 aromatic rings. The van der Waals surface area contributed by atoms with Gasteiger partial charge in [-0.25, -0.2) is 4.98 Å². The number of hydrogen-bond acceptors (Lipinski definition) is 5. The second-order valence-electron chi connectivity index (χ2n) is 6.20. The van der Waals surface area contributed by atoms with Gasteiger partial charge in [0, 0.05) is 28.8 Å². The molecule has 0 spiro atoms. The summed E-state index contributed by atoms with van der Waals surface area (Å²) in [4.78, 5) is 19.0. The summed E-state index contributed by atoms with van der Waals surface area (Å²) in [6.07, 6.45) is 0.293. The van der Waals surface area contributed by atoms with Gasteiger partial charge >= 0.3 is 0 Å². The number of carbonyl (C=O) groups is 1. The van der Waals surface area contributed by atoms with Gasteiger partial charge in [0.15, 0.2) is 0 Å². The molecule has 0 aliphatic carbocycles. The van der Waals surface area contributed by atoms with Crippen LogP contribution in [0.2, 0.25) is 0 Å². The smallest absolute Gasteiger partial charge is 0.228 e. The Kier molecular flexibility index (Phi) is 4.61. The van der Waals surface area contributed by atoms with Gasteiger partial charge in [-0.1, -0.05) is 18.2 Å². The van der Waals surface area contributed by atoms with Crippen LogP contribution in [-0.2, 0) is 11.2 Å². The minimum atomic E-state index is -0.134. The number of furan rings is 1. The lowest BCUT2D eigenvalue weighted by atomic mass is 10.2. The minimum absolute atomic E-state index is 0.0279. The Balaban J connectivity index is 1.47. The van der Waals surface area contributed by atoms with Crippen molar-refractivity contribution in [3.63, 3.8) is 0 Å². The van der Waals surface area contributed by atoms with Gasteiger partial charge < -0.3 is 9.32 Å². The Morgan fingerprint density at radius 1 is 1.27 bits per heavy atom. The predicted octanol–water partition coefficient (Wildman–Crippen LogP) is 5.38. The van der Waals surface area contributed by atoms with Crippen LogP contribution in [-0.4, -0.2) is 22.8 Å². The fourth-order valence-electron chi connectivity index (χ4n) is 2.80. The maximum Gasteiger partial charge on any atom is 0.228 e. The number of aromatic nitrogens is 1. The molecule has 0 unspecified atom stereocenters. The fourth-order valence-corrected chi connectivity index (χ4v) is 4.33. The summed E-state index contributed by atoms with van der Waals surface area (Å²) in [7, 11) is 1.81. The van der Waals surface area contributed by atoms with E-state index < -0.39 is 0 Å². The first kappa shape index (κ1) is 17.0. The van der Waals surface area contributed by atoms with E-state index in [4.69, 9.17) is 4.42 Å². The van der Waals surface area contributed by atoms with E-state index in [9.17, 15) is 4.79 Å². The van der Waals surface area contributed by atoms with Crippen LogP contribution in [0.25, 0.3) is 21.5 Å². The van der Waals surface area contributed by atoms with Gasteiger partial charge in [0.1, 0.15) is 16.4 Å². The molecule has 1 atom stereocenters. The first-order valence-electron chi connectivity index (χ1n) is 8.33. The van der Waals surface area contributed by atoms with Crippen LogP contribution in [0.1, 0.15) is 24.4 Å². The molecule has 132 valence electrons. The van der Waals surface area contributed by atoms with E-state index in [-0.39, 0.29) is 11.9 Å². The van der Waals surface area contributed by atoms with E-state index in [1.807, 2.05) is 61.1 Å². The zero-order valence-electron chi connectivity index (χ0n) is 14.5. The molecule has 0 saturated heterocycles. The zero-order chi connectivity index (χ0) is 18.1. The zero-order valence-corrected chi connectivity index (χ0v) is 16.1. The molecule has 1 aromatic carbocycles. The summed E-state index contributed by atoms with van der Waals surface area (Å²) in [6, 6.07) is 11.8. The van der Waals surface area contributed by atoms with Crippen LogP contribution < -0.4 is 0 Å². The third-order valence-corrected chi connectivity index (χ3v) is 6.11. The molecule has 1 amide bonds. The second kappa shape index (κ2) is 7.05. The maximum absolute atomic E-state index is 12.7. The van der Waals surface area contributed by atoms with E-state index in [2.05, 4.69) is 10.4 Å². The first-order chi connectivity index (χ1) is 12.6. The normalized spacial score (nSPS) is 12.4. The number of thiazole rings is 1. The number of carbonyl (C=O) groups excluding carboxylic acids is 1. The van der Waals surface area contributed by atoms with Crippen molar-refractivity contribution in [2.24, 2.45) is 0 Å². The highest BCUT2D eigenvalue weighted by atomic mass is 32.1. The van der Waals surface area contributed by atoms with Crippen molar-refractivity contribution in [1.29, 1.82) is 0 Å². The molecule has 3 heterocycles. The molecular weight excluding hydrogens is 364 g/mol. The van der Waals surface area contributed by atoms with Crippen molar-refractivity contribution >= 4 is 39.5 Å². The minimum Gasteiger partial charge on any atom is -0.459 e. The highest BCUT2D eigenvalue weighted by Crippen LogP contribution is 2.28. The largest absolute Gasteiger partial charge is 0.459 e. The summed E-state index contributed by atoms with van der Waals surface area (Å²) in [5.41, 5.74) is 2.77. The van der Waals surface area contributed by atoms with Crippen LogP contribution in [0.3, 0.4) is 0 Å². The maximum atomic E-state index is 12.7. The number of amides is 1. The standard InChI is InChI=1S/C20H18N2O2S2/c1-13(18-9-14-5-3-4-6-17(14)24-18)22(2)19(23)10-16-12-26-20(21-16)15-7-8-25-11-15/h3-9,11-13H,10H2,1-2H3/t13-/m1/s1. The van der Waals surface area contributed by atoms with Gasteiger partial charge in [0.2, 0.25) is 5.91 Å². The fraction of sp³-hybridized carbons (Fsp3) is 0.200. The van der Waals surface area contributed by atoms with Crippen molar-refractivity contribution in [1.82, 2.24) is 9.88 Å². The summed E-state index contributed by atoms with van der Waals surface area (Å²) in [6.45, 7) is 1.98. The number of rotatable bonds is 5. The van der Waals surface area contributed by atoms with E-state index in [1.165, 1.54) is 0 Å². The Morgan fingerprint density at radius 3 is 2.88 bits per heavy atom. The molecule has 4 rings (SSSR count). The molecule has 0 aliphatic heterocycles. The SMILES string of the molecule is C[C@H](c1cc2ccccc2o1)N(C)C(=O)Cc1csc(-c2ccsc2)n1. The van der Waals surface area contributed by atoms with Gasteiger partial charge in [0.05, 0.1) is 18.2 Å². The van der Waals surface area contributed by atoms with Crippen molar-refractivity contribution in [3.05, 3.63) is 64.0 Å². The summed E-state index contributed by atoms with van der Waals surface area (Å²) < 4.78 is 5.90. The average molecular weight is 383 g/mol. The molecular formula is C20H18N2O2S2. The van der Waals surface area contributed by atoms with Crippen molar-refractivity contribution in [2.45, 2.75) is 19.4 Å². The highest BCUT2D eigenvalue weighted by Gasteiger charge is 2.21. The Morgan fingerprint density at radius 2 is 2.12 bits per heavy atom. The topological polar surface area (TPSA) is 46.3 Å². The molecule has 6 heteroatoms. The molecule has 26 heavy (non-hydrogen) atoms. The van der Waals surface area contributed by atoms with E-state index in [1.54, 1.807) is 27.6 Å². The van der Waals surface area contributed by atoms with Gasteiger partial charge in [-0.3, -0.25) is 4.79 Å². The molecule has 0 fully saturated rings. The van der Waals surface area contributed by atoms with Crippen LogP contribution in [0.4, 0.5) is 0 Å². The van der Waals surface area contributed by atoms with Crippen molar-refractivity contribution in [2.75, 3.05) is 7.05 Å². The Hall–Kier alpha value is -2.44. The quantitative estimate of drug-likeness (QED) is 0.465. The number of likely N-dealkylation sites (N-methyl/N-ethyl adjacent to an activating group) is 1. The lowest BCUT2D eigenvalue weighted by molar-refractivity contribution is -0.131. The van der Waals surface area contributed by atoms with Crippen molar-refractivity contribution < 1.29 is 9.21 Å². The molecule has 0 N–H and O–H groups in total. The number of fused-ring (bicyclic) bond motifs is 1. The number of thiophene rings is 1. The predicted molar refractivity (Wildman–Crippen MR) is 107 cm³/mol. The van der Waals surface area contributed by atoms with Gasteiger partial charge in [0.25, 0.3) is 0 Å². The molecule has 0 aliphatic rings. The molecule has 0 saturated carbocycles. The van der Waals surface area contributed by atoms with Gasteiger partial charge in [-0.2, -0.15) is 11.3 Å². The van der Waals surface area contributed by atoms with E-state index in [0.29, 0.717) is 6.42 Å². The number of para-hydroxylation sites is 1. The lowest BCUT2D eigenvalue weighted by Crippen LogP contribution is -2.30. The summed E-state index contributed by atoms with van der Waals surface area (Å²) in [5.74, 6) is 0.819. The Bertz CT molecular complexity index is 1000. The van der Waals surface area contributed by atoms with Crippen LogP contribution >= 0.6 is 22.7 Å². The van der Waals surface area contributed by atoms with Crippen molar-refractivity contribution in [3.8, 4) is 10.6 Å². The number of hydrogen-bond donors (Lipinski definition) is 0. The third-order valence-electron chi connectivity index (χ3n) is 4.48. The Labute approximate surface area is 159 Å². The van der Waals surface area contributed by atoms with Gasteiger partial charge in [-0.05, 0) is 30.5 Å². The number of nitrogens with zero attached hydrogens (tertiary/aromatic N) is 2. The third kappa shape index (κ3) is 3.30. The highest BCUT2D eigenvalue weighted by molar-refractivity contribution is 7.14. The van der Waals surface area contributed by atoms with Gasteiger partial charge in [-0.15, -0.1) is 11.3 Å². The monoisotopic (exact) mass is 382 g/mol. The average Bonchev–Trinajstić information content (AvgIpc) is 3.39. The molecule has 3 aromatic heterocycles. The lowest BCUT2D eigenvalue weighted by Gasteiger charge is -2.23. The summed E-state index contributed by atoms with van der Waals surface area (Å²) >= 11 is 3.22. The first-order valence-corrected chi connectivity index (χ1v) is 10.1. The summed E-state index contributed by atoms with van der Waals surface area (Å²) in [5, 5.41) is 8.08. The van der Waals surface area contributed by atoms with E-state index >= 15 is 0 Å². The molecule has 0 bridgehead atoms. The molecule has 0 radical (unpaired) electrons. The number of benzene rings is 1. The van der Waals surface area contributed by atoms with E-state index in [0.717, 1.165) is 33.0 Å². The van der Waals surface area contributed by atoms with Crippen LogP contribution in [0.15, 0.2) is 57.0 Å². The van der Waals surface area contributed by atoms with Crippen LogP contribution in [0, 0.1) is 0 Å². The van der Waals surface area contributed by atoms with Crippen LogP contribution in [0.5, 0.6) is 0 Å². The molecule has 4 nitrogen and oxygen atoms in total. The second-order valence-corrected chi connectivity index (χ2v) is 7.84.